The molecule has 0 bridgehead atoms. The smallest absolute Gasteiger partial charge is 0.143 e. The van der Waals surface area contributed by atoms with Gasteiger partial charge in [0.15, 0.2) is 0 Å². The second kappa shape index (κ2) is 4.22. The van der Waals surface area contributed by atoms with E-state index in [1.54, 1.807) is 13.3 Å². The van der Waals surface area contributed by atoms with Gasteiger partial charge in [-0.3, -0.25) is 0 Å². The molecule has 0 amide bonds. The zero-order valence-electron chi connectivity index (χ0n) is 9.72. The van der Waals surface area contributed by atoms with Crippen molar-refractivity contribution >= 4 is 11.2 Å². The van der Waals surface area contributed by atoms with Gasteiger partial charge in [0.2, 0.25) is 0 Å². The quantitative estimate of drug-likeness (QED) is 0.793. The molecule has 2 aromatic rings. The van der Waals surface area contributed by atoms with E-state index in [1.165, 1.54) is 5.57 Å². The van der Waals surface area contributed by atoms with Crippen molar-refractivity contribution in [3.8, 4) is 5.75 Å². The van der Waals surface area contributed by atoms with Gasteiger partial charge < -0.3 is 13.9 Å². The Labute approximate surface area is 99.5 Å². The molecule has 0 N–H and O–H groups in total. The third-order valence-corrected chi connectivity index (χ3v) is 3.02. The Bertz CT molecular complexity index is 572. The molecule has 4 nitrogen and oxygen atoms in total. The number of pyridine rings is 1. The van der Waals surface area contributed by atoms with Crippen molar-refractivity contribution in [2.45, 2.75) is 6.42 Å². The second-order valence-electron chi connectivity index (χ2n) is 4.00. The fraction of sp³-hybridized carbons (Fsp3) is 0.308. The molecule has 0 atom stereocenters. The fourth-order valence-corrected chi connectivity index (χ4v) is 2.13. The van der Waals surface area contributed by atoms with E-state index in [9.17, 15) is 0 Å². The number of aromatic nitrogens is 2. The predicted molar refractivity (Wildman–Crippen MR) is 65.2 cm³/mol. The lowest BCUT2D eigenvalue weighted by Gasteiger charge is -2.16. The highest BCUT2D eigenvalue weighted by Crippen LogP contribution is 2.30. The molecular formula is C13H14N2O2. The zero-order chi connectivity index (χ0) is 11.7. The topological polar surface area (TPSA) is 35.8 Å². The second-order valence-corrected chi connectivity index (χ2v) is 4.00. The van der Waals surface area contributed by atoms with E-state index in [2.05, 4.69) is 17.1 Å². The van der Waals surface area contributed by atoms with Crippen LogP contribution in [0, 0.1) is 0 Å². The van der Waals surface area contributed by atoms with E-state index in [1.807, 2.05) is 16.8 Å². The predicted octanol–water partition coefficient (Wildman–Crippen LogP) is 2.15. The Balaban J connectivity index is 2.15. The van der Waals surface area contributed by atoms with Crippen LogP contribution in [0.1, 0.15) is 12.0 Å². The number of hydrogen-bond acceptors (Lipinski definition) is 3. The van der Waals surface area contributed by atoms with E-state index in [0.29, 0.717) is 6.61 Å². The molecule has 0 radical (unpaired) electrons. The van der Waals surface area contributed by atoms with Gasteiger partial charge in [-0.1, -0.05) is 6.08 Å². The average Bonchev–Trinajstić information content (AvgIpc) is 2.85. The summed E-state index contributed by atoms with van der Waals surface area (Å²) >= 11 is 0. The molecule has 0 unspecified atom stereocenters. The molecule has 0 saturated carbocycles. The molecule has 1 aliphatic rings. The molecular weight excluding hydrogens is 216 g/mol. The molecule has 0 spiro atoms. The fourth-order valence-electron chi connectivity index (χ4n) is 2.13. The van der Waals surface area contributed by atoms with Crippen molar-refractivity contribution < 1.29 is 9.47 Å². The van der Waals surface area contributed by atoms with Crippen LogP contribution in [0.25, 0.3) is 11.2 Å². The highest BCUT2D eigenvalue weighted by Gasteiger charge is 2.13. The molecule has 1 aliphatic heterocycles. The molecule has 0 fully saturated rings. The van der Waals surface area contributed by atoms with E-state index in [0.717, 1.165) is 30.0 Å². The van der Waals surface area contributed by atoms with Crippen LogP contribution < -0.4 is 4.74 Å². The molecule has 0 aromatic carbocycles. The van der Waals surface area contributed by atoms with Crippen LogP contribution in [0.5, 0.6) is 5.75 Å². The van der Waals surface area contributed by atoms with Gasteiger partial charge in [-0.2, -0.15) is 0 Å². The third kappa shape index (κ3) is 1.80. The summed E-state index contributed by atoms with van der Waals surface area (Å²) in [4.78, 5) is 4.30. The standard InChI is InChI=1S/C13H14N2O2/c1-16-12-9-15-5-4-14-13(15)8-11(12)10-2-6-17-7-3-10/h2,4-5,8-9H,3,6-7H2,1H3. The summed E-state index contributed by atoms with van der Waals surface area (Å²) in [6.07, 6.45) is 8.71. The van der Waals surface area contributed by atoms with Crippen LogP contribution in [-0.4, -0.2) is 29.7 Å². The van der Waals surface area contributed by atoms with Crippen LogP contribution in [0.3, 0.4) is 0 Å². The summed E-state index contributed by atoms with van der Waals surface area (Å²) in [5.74, 6) is 0.878. The number of rotatable bonds is 2. The monoisotopic (exact) mass is 230 g/mol. The van der Waals surface area contributed by atoms with E-state index < -0.39 is 0 Å². The zero-order valence-corrected chi connectivity index (χ0v) is 9.72. The number of methoxy groups -OCH3 is 1. The van der Waals surface area contributed by atoms with E-state index >= 15 is 0 Å². The molecule has 4 heteroatoms. The first-order chi connectivity index (χ1) is 8.38. The number of ether oxygens (including phenoxy) is 2. The van der Waals surface area contributed by atoms with Crippen LogP contribution in [0.2, 0.25) is 0 Å². The molecule has 3 rings (SSSR count). The van der Waals surface area contributed by atoms with Crippen molar-refractivity contribution in [3.63, 3.8) is 0 Å². The van der Waals surface area contributed by atoms with Gasteiger partial charge in [-0.05, 0) is 18.1 Å². The lowest BCUT2D eigenvalue weighted by Crippen LogP contribution is -2.05. The van der Waals surface area contributed by atoms with Gasteiger partial charge >= 0.3 is 0 Å². The third-order valence-electron chi connectivity index (χ3n) is 3.02. The van der Waals surface area contributed by atoms with Crippen molar-refractivity contribution in [2.75, 3.05) is 20.3 Å². The van der Waals surface area contributed by atoms with Gasteiger partial charge in [0, 0.05) is 18.0 Å². The first kappa shape index (κ1) is 10.4. The maximum absolute atomic E-state index is 5.45. The Morgan fingerprint density at radius 2 is 2.41 bits per heavy atom. The number of hydrogen-bond donors (Lipinski definition) is 0. The van der Waals surface area contributed by atoms with Crippen LogP contribution in [0.15, 0.2) is 30.7 Å². The Hall–Kier alpha value is -1.81. The van der Waals surface area contributed by atoms with Gasteiger partial charge in [0.05, 0.1) is 26.5 Å². The van der Waals surface area contributed by atoms with Crippen molar-refractivity contribution in [3.05, 3.63) is 36.3 Å². The van der Waals surface area contributed by atoms with Gasteiger partial charge in [0.1, 0.15) is 11.4 Å². The summed E-state index contributed by atoms with van der Waals surface area (Å²) in [5.41, 5.74) is 3.33. The molecule has 0 saturated heterocycles. The Morgan fingerprint density at radius 1 is 1.47 bits per heavy atom. The van der Waals surface area contributed by atoms with Crippen LogP contribution >= 0.6 is 0 Å². The van der Waals surface area contributed by atoms with Crippen molar-refractivity contribution in [1.82, 2.24) is 9.38 Å². The van der Waals surface area contributed by atoms with Gasteiger partial charge in [-0.15, -0.1) is 0 Å². The molecule has 2 aromatic heterocycles. The average molecular weight is 230 g/mol. The highest BCUT2D eigenvalue weighted by atomic mass is 16.5. The highest BCUT2D eigenvalue weighted by molar-refractivity contribution is 5.73. The minimum atomic E-state index is 0.679. The van der Waals surface area contributed by atoms with Gasteiger partial charge in [0.25, 0.3) is 0 Å². The maximum atomic E-state index is 5.45. The van der Waals surface area contributed by atoms with Crippen molar-refractivity contribution in [2.24, 2.45) is 0 Å². The van der Waals surface area contributed by atoms with Crippen LogP contribution in [-0.2, 0) is 4.74 Å². The SMILES string of the molecule is COc1cn2ccnc2cc1C1=CCOCC1. The molecule has 3 heterocycles. The number of fused-ring (bicyclic) bond motifs is 1. The van der Waals surface area contributed by atoms with E-state index in [-0.39, 0.29) is 0 Å². The van der Waals surface area contributed by atoms with Gasteiger partial charge in [-0.25, -0.2) is 4.98 Å². The lowest BCUT2D eigenvalue weighted by molar-refractivity contribution is 0.161. The first-order valence-electron chi connectivity index (χ1n) is 5.66. The summed E-state index contributed by atoms with van der Waals surface area (Å²) in [5, 5.41) is 0. The summed E-state index contributed by atoms with van der Waals surface area (Å²) in [7, 11) is 1.70. The lowest BCUT2D eigenvalue weighted by atomic mass is 10.0. The largest absolute Gasteiger partial charge is 0.495 e. The summed E-state index contributed by atoms with van der Waals surface area (Å²) < 4.78 is 12.7. The van der Waals surface area contributed by atoms with E-state index in [4.69, 9.17) is 9.47 Å². The minimum Gasteiger partial charge on any atom is -0.495 e. The van der Waals surface area contributed by atoms with Crippen LogP contribution in [0.4, 0.5) is 0 Å². The molecule has 17 heavy (non-hydrogen) atoms. The Morgan fingerprint density at radius 3 is 3.18 bits per heavy atom. The van der Waals surface area contributed by atoms with Crippen molar-refractivity contribution in [1.29, 1.82) is 0 Å². The summed E-state index contributed by atoms with van der Waals surface area (Å²) in [6, 6.07) is 2.07. The first-order valence-corrected chi connectivity index (χ1v) is 5.66. The minimum absolute atomic E-state index is 0.679. The Kier molecular flexibility index (Phi) is 2.57. The maximum Gasteiger partial charge on any atom is 0.143 e. The number of nitrogens with zero attached hydrogens (tertiary/aromatic N) is 2. The number of imidazole rings is 1. The molecule has 0 aliphatic carbocycles. The normalized spacial score (nSPS) is 15.9. The summed E-state index contributed by atoms with van der Waals surface area (Å²) in [6.45, 7) is 1.45. The molecule has 88 valence electrons.